The molecule has 0 radical (unpaired) electrons. The Balaban J connectivity index is 2.34. The molecule has 4 heteroatoms. The van der Waals surface area contributed by atoms with Crippen LogP contribution in [0.3, 0.4) is 0 Å². The zero-order valence-corrected chi connectivity index (χ0v) is 9.79. The molecule has 88 valence electrons. The molecule has 0 bridgehead atoms. The molecular weight excluding hydrogens is 192 g/mol. The third kappa shape index (κ3) is 3.80. The van der Waals surface area contributed by atoms with Gasteiger partial charge in [-0.25, -0.2) is 0 Å². The van der Waals surface area contributed by atoms with Crippen LogP contribution >= 0.6 is 0 Å². The standard InChI is InChI=1S/C11H22N2O2/c1-7-5-12-6-10(7)11(15)13-8(2)4-9(3)14/h7-10,12,14H,4-6H2,1-3H3,(H,13,15). The zero-order valence-electron chi connectivity index (χ0n) is 9.79. The molecule has 1 aliphatic rings. The third-order valence-corrected chi connectivity index (χ3v) is 2.94. The van der Waals surface area contributed by atoms with Crippen LogP contribution in [0, 0.1) is 11.8 Å². The van der Waals surface area contributed by atoms with Crippen molar-refractivity contribution in [3.05, 3.63) is 0 Å². The van der Waals surface area contributed by atoms with E-state index in [-0.39, 0.29) is 24.0 Å². The van der Waals surface area contributed by atoms with E-state index < -0.39 is 0 Å². The lowest BCUT2D eigenvalue weighted by Gasteiger charge is -2.19. The van der Waals surface area contributed by atoms with E-state index >= 15 is 0 Å². The van der Waals surface area contributed by atoms with Crippen molar-refractivity contribution in [2.75, 3.05) is 13.1 Å². The first kappa shape index (κ1) is 12.5. The van der Waals surface area contributed by atoms with Gasteiger partial charge in [0.05, 0.1) is 12.0 Å². The summed E-state index contributed by atoms with van der Waals surface area (Å²) in [5.41, 5.74) is 0. The van der Waals surface area contributed by atoms with Crippen molar-refractivity contribution in [2.45, 2.75) is 39.3 Å². The van der Waals surface area contributed by atoms with Gasteiger partial charge in [-0.2, -0.15) is 0 Å². The van der Waals surface area contributed by atoms with Gasteiger partial charge in [0.1, 0.15) is 0 Å². The van der Waals surface area contributed by atoms with Gasteiger partial charge in [0.25, 0.3) is 0 Å². The van der Waals surface area contributed by atoms with Crippen LogP contribution in [0.4, 0.5) is 0 Å². The van der Waals surface area contributed by atoms with E-state index in [4.69, 9.17) is 0 Å². The van der Waals surface area contributed by atoms with Crippen molar-refractivity contribution in [3.63, 3.8) is 0 Å². The largest absolute Gasteiger partial charge is 0.393 e. The quantitative estimate of drug-likeness (QED) is 0.623. The van der Waals surface area contributed by atoms with Gasteiger partial charge >= 0.3 is 0 Å². The highest BCUT2D eigenvalue weighted by atomic mass is 16.3. The van der Waals surface area contributed by atoms with Crippen molar-refractivity contribution in [3.8, 4) is 0 Å². The topological polar surface area (TPSA) is 61.4 Å². The number of carbonyl (C=O) groups excluding carboxylic acids is 1. The fourth-order valence-electron chi connectivity index (χ4n) is 2.08. The summed E-state index contributed by atoms with van der Waals surface area (Å²) >= 11 is 0. The first-order chi connectivity index (χ1) is 7.00. The van der Waals surface area contributed by atoms with Crippen LogP contribution in [0.25, 0.3) is 0 Å². The average Bonchev–Trinajstić information content (AvgIpc) is 2.49. The molecule has 1 amide bonds. The van der Waals surface area contributed by atoms with Crippen LogP contribution < -0.4 is 10.6 Å². The van der Waals surface area contributed by atoms with Crippen molar-refractivity contribution < 1.29 is 9.90 Å². The highest BCUT2D eigenvalue weighted by Crippen LogP contribution is 2.16. The summed E-state index contributed by atoms with van der Waals surface area (Å²) in [4.78, 5) is 11.8. The number of aliphatic hydroxyl groups is 1. The Morgan fingerprint density at radius 2 is 2.20 bits per heavy atom. The maximum atomic E-state index is 11.8. The van der Waals surface area contributed by atoms with Crippen LogP contribution in [0.5, 0.6) is 0 Å². The van der Waals surface area contributed by atoms with Gasteiger partial charge in [-0.1, -0.05) is 6.92 Å². The molecule has 1 aliphatic heterocycles. The molecule has 0 saturated carbocycles. The number of hydrogen-bond acceptors (Lipinski definition) is 3. The minimum Gasteiger partial charge on any atom is -0.393 e. The average molecular weight is 214 g/mol. The first-order valence-electron chi connectivity index (χ1n) is 5.70. The minimum atomic E-state index is -0.362. The Morgan fingerprint density at radius 1 is 1.53 bits per heavy atom. The van der Waals surface area contributed by atoms with Gasteiger partial charge in [-0.3, -0.25) is 4.79 Å². The molecule has 0 aliphatic carbocycles. The molecule has 4 unspecified atom stereocenters. The van der Waals surface area contributed by atoms with E-state index in [9.17, 15) is 9.90 Å². The van der Waals surface area contributed by atoms with Gasteiger partial charge in [0, 0.05) is 12.6 Å². The molecular formula is C11H22N2O2. The third-order valence-electron chi connectivity index (χ3n) is 2.94. The van der Waals surface area contributed by atoms with Crippen LogP contribution in [-0.2, 0) is 4.79 Å². The van der Waals surface area contributed by atoms with Crippen molar-refractivity contribution in [2.24, 2.45) is 11.8 Å². The molecule has 15 heavy (non-hydrogen) atoms. The van der Waals surface area contributed by atoms with Crippen molar-refractivity contribution in [1.82, 2.24) is 10.6 Å². The van der Waals surface area contributed by atoms with E-state index in [0.717, 1.165) is 13.1 Å². The fourth-order valence-corrected chi connectivity index (χ4v) is 2.08. The molecule has 1 rings (SSSR count). The summed E-state index contributed by atoms with van der Waals surface area (Å²) in [5, 5.41) is 15.3. The summed E-state index contributed by atoms with van der Waals surface area (Å²) in [6, 6.07) is 0.0466. The summed E-state index contributed by atoms with van der Waals surface area (Å²) < 4.78 is 0. The second-order valence-corrected chi connectivity index (χ2v) is 4.74. The molecule has 3 N–H and O–H groups in total. The Kier molecular flexibility index (Phi) is 4.54. The van der Waals surface area contributed by atoms with E-state index in [1.54, 1.807) is 6.92 Å². The maximum Gasteiger partial charge on any atom is 0.224 e. The van der Waals surface area contributed by atoms with Gasteiger partial charge < -0.3 is 15.7 Å². The number of carbonyl (C=O) groups is 1. The smallest absolute Gasteiger partial charge is 0.224 e. The number of hydrogen-bond donors (Lipinski definition) is 3. The molecule has 4 nitrogen and oxygen atoms in total. The van der Waals surface area contributed by atoms with Gasteiger partial charge in [-0.05, 0) is 32.7 Å². The Hall–Kier alpha value is -0.610. The molecule has 4 atom stereocenters. The summed E-state index contributed by atoms with van der Waals surface area (Å²) in [6.45, 7) is 7.45. The van der Waals surface area contributed by atoms with E-state index in [1.165, 1.54) is 0 Å². The van der Waals surface area contributed by atoms with Crippen molar-refractivity contribution in [1.29, 1.82) is 0 Å². The molecule has 1 heterocycles. The maximum absolute atomic E-state index is 11.8. The molecule has 0 aromatic heterocycles. The summed E-state index contributed by atoms with van der Waals surface area (Å²) in [7, 11) is 0. The lowest BCUT2D eigenvalue weighted by molar-refractivity contribution is -0.126. The predicted molar refractivity (Wildman–Crippen MR) is 59.4 cm³/mol. The molecule has 1 saturated heterocycles. The zero-order chi connectivity index (χ0) is 11.4. The van der Waals surface area contributed by atoms with Gasteiger partial charge in [0.15, 0.2) is 0 Å². The Labute approximate surface area is 91.4 Å². The van der Waals surface area contributed by atoms with Crippen molar-refractivity contribution >= 4 is 5.91 Å². The first-order valence-corrected chi connectivity index (χ1v) is 5.70. The number of rotatable bonds is 4. The number of nitrogens with one attached hydrogen (secondary N) is 2. The predicted octanol–water partition coefficient (Wildman–Crippen LogP) is 0.118. The lowest BCUT2D eigenvalue weighted by atomic mass is 9.97. The van der Waals surface area contributed by atoms with Crippen LogP contribution in [-0.4, -0.2) is 36.2 Å². The Bertz CT molecular complexity index is 219. The molecule has 0 spiro atoms. The van der Waals surface area contributed by atoms with Crippen LogP contribution in [0.1, 0.15) is 27.2 Å². The normalized spacial score (nSPS) is 29.9. The van der Waals surface area contributed by atoms with Crippen LogP contribution in [0.15, 0.2) is 0 Å². The molecule has 0 aromatic rings. The summed E-state index contributed by atoms with van der Waals surface area (Å²) in [6.07, 6.45) is 0.250. The van der Waals surface area contributed by atoms with E-state index in [1.807, 2.05) is 6.92 Å². The second-order valence-electron chi connectivity index (χ2n) is 4.74. The molecule has 1 fully saturated rings. The second kappa shape index (κ2) is 5.47. The SMILES string of the molecule is CC(O)CC(C)NC(=O)C1CNCC1C. The van der Waals surface area contributed by atoms with E-state index in [2.05, 4.69) is 17.6 Å². The fraction of sp³-hybridized carbons (Fsp3) is 0.909. The molecule has 0 aromatic carbocycles. The highest BCUT2D eigenvalue weighted by molar-refractivity contribution is 5.79. The highest BCUT2D eigenvalue weighted by Gasteiger charge is 2.30. The minimum absolute atomic E-state index is 0.0466. The number of amides is 1. The van der Waals surface area contributed by atoms with Crippen LogP contribution in [0.2, 0.25) is 0 Å². The van der Waals surface area contributed by atoms with Gasteiger partial charge in [-0.15, -0.1) is 0 Å². The van der Waals surface area contributed by atoms with Gasteiger partial charge in [0.2, 0.25) is 5.91 Å². The number of aliphatic hydroxyl groups excluding tert-OH is 1. The lowest BCUT2D eigenvalue weighted by Crippen LogP contribution is -2.40. The monoisotopic (exact) mass is 214 g/mol. The Morgan fingerprint density at radius 3 is 2.67 bits per heavy atom. The summed E-state index contributed by atoms with van der Waals surface area (Å²) in [5.74, 6) is 0.603. The van der Waals surface area contributed by atoms with E-state index in [0.29, 0.717) is 12.3 Å².